The van der Waals surface area contributed by atoms with Crippen molar-refractivity contribution in [1.82, 2.24) is 25.3 Å². The van der Waals surface area contributed by atoms with E-state index in [1.54, 1.807) is 34.9 Å². The second-order valence-corrected chi connectivity index (χ2v) is 9.40. The molecule has 0 aromatic carbocycles. The summed E-state index contributed by atoms with van der Waals surface area (Å²) in [6.45, 7) is 1.67. The number of amides is 3. The highest BCUT2D eigenvalue weighted by Crippen LogP contribution is 2.28. The van der Waals surface area contributed by atoms with Gasteiger partial charge in [-0.2, -0.15) is 0 Å². The van der Waals surface area contributed by atoms with E-state index in [9.17, 15) is 23.2 Å². The van der Waals surface area contributed by atoms with Crippen molar-refractivity contribution in [1.29, 1.82) is 0 Å². The van der Waals surface area contributed by atoms with Gasteiger partial charge in [0.1, 0.15) is 6.04 Å². The van der Waals surface area contributed by atoms with E-state index in [-0.39, 0.29) is 43.1 Å². The number of hydrogen-bond donors (Lipinski definition) is 2. The molecule has 0 spiro atoms. The fourth-order valence-electron chi connectivity index (χ4n) is 4.91. The summed E-state index contributed by atoms with van der Waals surface area (Å²) in [6.07, 6.45) is 9.02. The molecule has 0 aromatic rings. The lowest BCUT2D eigenvalue weighted by molar-refractivity contribution is -0.142. The second-order valence-electron chi connectivity index (χ2n) is 9.40. The average molecular weight is 494 g/mol. The number of piperazine rings is 1. The zero-order chi connectivity index (χ0) is 25.4. The van der Waals surface area contributed by atoms with E-state index in [2.05, 4.69) is 10.6 Å². The molecule has 2 N–H and O–H groups in total. The molecule has 2 fully saturated rings. The third-order valence-electron chi connectivity index (χ3n) is 6.93. The van der Waals surface area contributed by atoms with Crippen LogP contribution in [0, 0.1) is 5.92 Å². The number of likely N-dealkylation sites (N-methyl/N-ethyl adjacent to an activating group) is 2. The van der Waals surface area contributed by atoms with Gasteiger partial charge in [-0.25, -0.2) is 8.78 Å². The van der Waals surface area contributed by atoms with Gasteiger partial charge in [0, 0.05) is 39.8 Å². The van der Waals surface area contributed by atoms with E-state index in [1.807, 2.05) is 0 Å². The van der Waals surface area contributed by atoms with Crippen LogP contribution in [0.25, 0.3) is 0 Å². The maximum atomic E-state index is 13.7. The molecule has 2 aliphatic heterocycles. The average Bonchev–Trinajstić information content (AvgIpc) is 2.93. The lowest BCUT2D eigenvalue weighted by Crippen LogP contribution is -2.58. The van der Waals surface area contributed by atoms with Gasteiger partial charge in [0.15, 0.2) is 11.7 Å². The molecule has 1 saturated carbocycles. The van der Waals surface area contributed by atoms with E-state index in [4.69, 9.17) is 0 Å². The molecule has 2 heterocycles. The lowest BCUT2D eigenvalue weighted by Gasteiger charge is -2.39. The standard InChI is InChI=1S/C25H37F2N5O3/c1-28-17-22(33)29-23(18-7-4-3-5-8-18)25(35)32-15-13-31(14-16-32)24(34)21-10-6-9-19(26)20(27)11-12-30(21)2/h9-11,18,23,28H,3-8,12-17H2,1-2H3,(H,29,33)/b19-9+,20-11+,21-10-. The Morgan fingerprint density at radius 2 is 1.60 bits per heavy atom. The van der Waals surface area contributed by atoms with Crippen LogP contribution in [0.2, 0.25) is 0 Å². The van der Waals surface area contributed by atoms with Crippen LogP contribution < -0.4 is 10.6 Å². The molecule has 35 heavy (non-hydrogen) atoms. The van der Waals surface area contributed by atoms with Crippen LogP contribution in [0.3, 0.4) is 0 Å². The minimum absolute atomic E-state index is 0.0680. The zero-order valence-corrected chi connectivity index (χ0v) is 20.7. The minimum Gasteiger partial charge on any atom is -0.367 e. The molecule has 1 atom stereocenters. The van der Waals surface area contributed by atoms with Crippen LogP contribution in [0.4, 0.5) is 8.78 Å². The van der Waals surface area contributed by atoms with Crippen molar-refractivity contribution < 1.29 is 23.2 Å². The molecule has 194 valence electrons. The van der Waals surface area contributed by atoms with Gasteiger partial charge < -0.3 is 25.3 Å². The summed E-state index contributed by atoms with van der Waals surface area (Å²) in [4.78, 5) is 43.9. The Morgan fingerprint density at radius 1 is 0.971 bits per heavy atom. The van der Waals surface area contributed by atoms with Crippen molar-refractivity contribution in [3.05, 3.63) is 35.6 Å². The Balaban J connectivity index is 1.63. The normalized spacial score (nSPS) is 25.6. The SMILES string of the molecule is CNCC(=O)NC(C(=O)N1CCN(C(=O)/C2=C/C/C=C(F)\C(F)=C/CN2C)CC1)C1CCCCC1. The number of halogens is 2. The smallest absolute Gasteiger partial charge is 0.269 e. The van der Waals surface area contributed by atoms with Gasteiger partial charge in [-0.3, -0.25) is 14.4 Å². The summed E-state index contributed by atoms with van der Waals surface area (Å²) in [7, 11) is 3.36. The Bertz CT molecular complexity index is 874. The molecule has 1 unspecified atom stereocenters. The van der Waals surface area contributed by atoms with Crippen LogP contribution in [0.1, 0.15) is 38.5 Å². The Hall–Kier alpha value is -2.75. The number of carbonyl (C=O) groups excluding carboxylic acids is 3. The van der Waals surface area contributed by atoms with Crippen molar-refractivity contribution >= 4 is 17.7 Å². The number of nitrogens with zero attached hydrogens (tertiary/aromatic N) is 3. The highest BCUT2D eigenvalue weighted by molar-refractivity contribution is 5.93. The second kappa shape index (κ2) is 12.8. The summed E-state index contributed by atoms with van der Waals surface area (Å²) >= 11 is 0. The van der Waals surface area contributed by atoms with Gasteiger partial charge in [-0.1, -0.05) is 25.3 Å². The maximum Gasteiger partial charge on any atom is 0.269 e. The van der Waals surface area contributed by atoms with E-state index in [1.165, 1.54) is 0 Å². The molecule has 1 aliphatic carbocycles. The van der Waals surface area contributed by atoms with Crippen LogP contribution >= 0.6 is 0 Å². The largest absolute Gasteiger partial charge is 0.367 e. The molecule has 3 aliphatic rings. The molecule has 0 bridgehead atoms. The van der Waals surface area contributed by atoms with Crippen molar-refractivity contribution in [3.63, 3.8) is 0 Å². The third-order valence-corrected chi connectivity index (χ3v) is 6.93. The van der Waals surface area contributed by atoms with Gasteiger partial charge in [0.25, 0.3) is 5.91 Å². The van der Waals surface area contributed by atoms with Gasteiger partial charge >= 0.3 is 0 Å². The van der Waals surface area contributed by atoms with Gasteiger partial charge in [-0.05, 0) is 44.4 Å². The summed E-state index contributed by atoms with van der Waals surface area (Å²) in [5.41, 5.74) is 0.374. The quantitative estimate of drug-likeness (QED) is 0.590. The summed E-state index contributed by atoms with van der Waals surface area (Å²) in [5, 5.41) is 5.77. The number of allylic oxidation sites excluding steroid dienone is 4. The Labute approximate surface area is 206 Å². The highest BCUT2D eigenvalue weighted by Gasteiger charge is 2.36. The molecular weight excluding hydrogens is 456 g/mol. The molecule has 0 aromatic heterocycles. The van der Waals surface area contributed by atoms with E-state index in [0.29, 0.717) is 31.9 Å². The van der Waals surface area contributed by atoms with E-state index >= 15 is 0 Å². The van der Waals surface area contributed by atoms with Crippen molar-refractivity contribution in [2.45, 2.75) is 44.6 Å². The fraction of sp³-hybridized carbons (Fsp3) is 0.640. The van der Waals surface area contributed by atoms with Crippen molar-refractivity contribution in [2.75, 3.05) is 53.4 Å². The molecule has 10 heteroatoms. The Morgan fingerprint density at radius 3 is 2.26 bits per heavy atom. The van der Waals surface area contributed by atoms with Crippen molar-refractivity contribution in [3.8, 4) is 0 Å². The first-order valence-corrected chi connectivity index (χ1v) is 12.5. The van der Waals surface area contributed by atoms with Crippen LogP contribution in [0.15, 0.2) is 35.6 Å². The zero-order valence-electron chi connectivity index (χ0n) is 20.7. The van der Waals surface area contributed by atoms with E-state index < -0.39 is 17.7 Å². The number of rotatable bonds is 6. The molecule has 3 amide bonds. The molecular formula is C25H37F2N5O3. The van der Waals surface area contributed by atoms with Crippen LogP contribution in [0.5, 0.6) is 0 Å². The Kier molecular flexibility index (Phi) is 9.83. The number of nitrogens with one attached hydrogen (secondary N) is 2. The third kappa shape index (κ3) is 7.13. The van der Waals surface area contributed by atoms with Gasteiger partial charge in [-0.15, -0.1) is 0 Å². The summed E-state index contributed by atoms with van der Waals surface area (Å²) in [6, 6.07) is -0.551. The molecule has 1 saturated heterocycles. The first-order chi connectivity index (χ1) is 16.8. The highest BCUT2D eigenvalue weighted by atomic mass is 19.2. The monoisotopic (exact) mass is 493 g/mol. The topological polar surface area (TPSA) is 85.0 Å². The molecule has 8 nitrogen and oxygen atoms in total. The summed E-state index contributed by atoms with van der Waals surface area (Å²) in [5.74, 6) is -2.25. The fourth-order valence-corrected chi connectivity index (χ4v) is 4.91. The van der Waals surface area contributed by atoms with Crippen molar-refractivity contribution in [2.24, 2.45) is 5.92 Å². The number of carbonyl (C=O) groups is 3. The van der Waals surface area contributed by atoms with Crippen LogP contribution in [-0.4, -0.2) is 91.8 Å². The van der Waals surface area contributed by atoms with E-state index in [0.717, 1.165) is 44.3 Å². The molecule has 3 rings (SSSR count). The minimum atomic E-state index is -0.930. The maximum absolute atomic E-state index is 13.7. The summed E-state index contributed by atoms with van der Waals surface area (Å²) < 4.78 is 27.4. The number of hydrogen-bond acceptors (Lipinski definition) is 5. The first-order valence-electron chi connectivity index (χ1n) is 12.5. The predicted molar refractivity (Wildman–Crippen MR) is 129 cm³/mol. The predicted octanol–water partition coefficient (Wildman–Crippen LogP) is 1.87. The van der Waals surface area contributed by atoms with Crippen LogP contribution in [-0.2, 0) is 14.4 Å². The van der Waals surface area contributed by atoms with Gasteiger partial charge in [0.2, 0.25) is 11.8 Å². The first kappa shape index (κ1) is 26.8. The molecule has 0 radical (unpaired) electrons. The lowest BCUT2D eigenvalue weighted by atomic mass is 9.83. The van der Waals surface area contributed by atoms with Gasteiger partial charge in [0.05, 0.1) is 12.2 Å².